The third kappa shape index (κ3) is 5.34. The SMILES string of the molecule is C=CCOc1ccc([C@@H]2/C(=C(\O)c3ccc4c(c3)C[C@H](C)O4)C(=O)C(=O)N2CCN(C)C)cc1OCC. The summed E-state index contributed by atoms with van der Waals surface area (Å²) in [7, 11) is 3.80. The van der Waals surface area contributed by atoms with Gasteiger partial charge in [0.2, 0.25) is 0 Å². The molecule has 4 rings (SSSR count). The number of carbonyl (C=O) groups excluding carboxylic acids is 2. The van der Waals surface area contributed by atoms with E-state index >= 15 is 0 Å². The minimum atomic E-state index is -0.781. The summed E-state index contributed by atoms with van der Waals surface area (Å²) in [6.45, 7) is 9.11. The number of likely N-dealkylation sites (tertiary alicyclic amines) is 1. The lowest BCUT2D eigenvalue weighted by atomic mass is 9.94. The number of aliphatic hydroxyl groups is 1. The molecule has 1 fully saturated rings. The molecule has 2 heterocycles. The average Bonchev–Trinajstić information content (AvgIpc) is 3.36. The highest BCUT2D eigenvalue weighted by Gasteiger charge is 2.46. The molecule has 2 aliphatic rings. The van der Waals surface area contributed by atoms with Crippen LogP contribution in [0.25, 0.3) is 5.76 Å². The average molecular weight is 507 g/mol. The molecule has 37 heavy (non-hydrogen) atoms. The first-order valence-corrected chi connectivity index (χ1v) is 12.5. The van der Waals surface area contributed by atoms with E-state index in [1.165, 1.54) is 4.90 Å². The second-order valence-corrected chi connectivity index (χ2v) is 9.49. The maximum absolute atomic E-state index is 13.3. The van der Waals surface area contributed by atoms with Gasteiger partial charge in [-0.15, -0.1) is 0 Å². The zero-order chi connectivity index (χ0) is 26.7. The minimum Gasteiger partial charge on any atom is -0.507 e. The van der Waals surface area contributed by atoms with Crippen LogP contribution in [0.3, 0.4) is 0 Å². The van der Waals surface area contributed by atoms with Crippen molar-refractivity contribution in [3.05, 3.63) is 71.3 Å². The number of nitrogens with zero attached hydrogens (tertiary/aromatic N) is 2. The van der Waals surface area contributed by atoms with Crippen molar-refractivity contribution in [3.63, 3.8) is 0 Å². The van der Waals surface area contributed by atoms with E-state index in [4.69, 9.17) is 14.2 Å². The number of Topliss-reactive ketones (excluding diaryl/α,β-unsaturated/α-hetero) is 1. The van der Waals surface area contributed by atoms with E-state index in [1.807, 2.05) is 38.9 Å². The van der Waals surface area contributed by atoms with Gasteiger partial charge in [-0.3, -0.25) is 9.59 Å². The van der Waals surface area contributed by atoms with Crippen LogP contribution in [-0.4, -0.2) is 73.1 Å². The first kappa shape index (κ1) is 26.3. The molecule has 2 aliphatic heterocycles. The van der Waals surface area contributed by atoms with Crippen LogP contribution in [0, 0.1) is 0 Å². The Morgan fingerprint density at radius 1 is 1.19 bits per heavy atom. The Hall–Kier alpha value is -3.78. The Morgan fingerprint density at radius 3 is 2.68 bits per heavy atom. The van der Waals surface area contributed by atoms with Gasteiger partial charge in [0.15, 0.2) is 11.5 Å². The van der Waals surface area contributed by atoms with Crippen LogP contribution in [0.15, 0.2) is 54.6 Å². The summed E-state index contributed by atoms with van der Waals surface area (Å²) < 4.78 is 17.3. The van der Waals surface area contributed by atoms with Crippen molar-refractivity contribution in [2.75, 3.05) is 40.4 Å². The topological polar surface area (TPSA) is 88.5 Å². The maximum Gasteiger partial charge on any atom is 0.295 e. The normalized spacial score (nSPS) is 20.2. The van der Waals surface area contributed by atoms with Crippen LogP contribution in [-0.2, 0) is 16.0 Å². The van der Waals surface area contributed by atoms with Crippen molar-refractivity contribution in [1.29, 1.82) is 0 Å². The Bertz CT molecular complexity index is 1230. The van der Waals surface area contributed by atoms with E-state index in [2.05, 4.69) is 6.58 Å². The number of ketones is 1. The molecule has 0 bridgehead atoms. The molecular formula is C29H34N2O6. The van der Waals surface area contributed by atoms with Crippen molar-refractivity contribution in [2.45, 2.75) is 32.4 Å². The molecule has 1 N–H and O–H groups in total. The van der Waals surface area contributed by atoms with Crippen molar-refractivity contribution < 1.29 is 28.9 Å². The maximum atomic E-state index is 13.3. The predicted octanol–water partition coefficient (Wildman–Crippen LogP) is 3.96. The van der Waals surface area contributed by atoms with Crippen molar-refractivity contribution in [1.82, 2.24) is 9.80 Å². The number of ether oxygens (including phenoxy) is 3. The summed E-state index contributed by atoms with van der Waals surface area (Å²) in [5.74, 6) is 0.228. The van der Waals surface area contributed by atoms with Gasteiger partial charge in [0, 0.05) is 25.1 Å². The molecule has 0 aliphatic carbocycles. The van der Waals surface area contributed by atoms with Gasteiger partial charge < -0.3 is 29.1 Å². The zero-order valence-electron chi connectivity index (χ0n) is 21.8. The number of aliphatic hydroxyl groups excluding tert-OH is 1. The Labute approximate surface area is 217 Å². The highest BCUT2D eigenvalue weighted by Crippen LogP contribution is 2.42. The van der Waals surface area contributed by atoms with Crippen molar-refractivity contribution in [3.8, 4) is 17.2 Å². The second-order valence-electron chi connectivity index (χ2n) is 9.49. The summed E-state index contributed by atoms with van der Waals surface area (Å²) in [6.07, 6.45) is 2.39. The van der Waals surface area contributed by atoms with Crippen LogP contribution in [0.5, 0.6) is 17.2 Å². The summed E-state index contributed by atoms with van der Waals surface area (Å²) in [6, 6.07) is 9.88. The molecule has 1 saturated heterocycles. The zero-order valence-corrected chi connectivity index (χ0v) is 21.8. The fourth-order valence-corrected chi connectivity index (χ4v) is 4.72. The number of amides is 1. The first-order valence-electron chi connectivity index (χ1n) is 12.5. The molecular weight excluding hydrogens is 472 g/mol. The quantitative estimate of drug-likeness (QED) is 0.226. The molecule has 2 aromatic carbocycles. The second kappa shape index (κ2) is 11.1. The molecule has 8 nitrogen and oxygen atoms in total. The molecule has 0 saturated carbocycles. The van der Waals surface area contributed by atoms with Crippen LogP contribution < -0.4 is 14.2 Å². The van der Waals surface area contributed by atoms with E-state index in [1.54, 1.807) is 36.4 Å². The Balaban J connectivity index is 1.83. The lowest BCUT2D eigenvalue weighted by Gasteiger charge is -2.27. The summed E-state index contributed by atoms with van der Waals surface area (Å²) >= 11 is 0. The van der Waals surface area contributed by atoms with Crippen molar-refractivity contribution in [2.24, 2.45) is 0 Å². The highest BCUT2D eigenvalue weighted by atomic mass is 16.5. The largest absolute Gasteiger partial charge is 0.507 e. The monoisotopic (exact) mass is 506 g/mol. The Morgan fingerprint density at radius 2 is 1.97 bits per heavy atom. The van der Waals surface area contributed by atoms with E-state index in [9.17, 15) is 14.7 Å². The van der Waals surface area contributed by atoms with E-state index in [0.717, 1.165) is 11.3 Å². The molecule has 8 heteroatoms. The molecule has 2 atom stereocenters. The molecule has 0 radical (unpaired) electrons. The first-order chi connectivity index (χ1) is 17.7. The van der Waals surface area contributed by atoms with Crippen LogP contribution in [0.2, 0.25) is 0 Å². The van der Waals surface area contributed by atoms with Crippen LogP contribution in [0.1, 0.15) is 36.6 Å². The molecule has 0 unspecified atom stereocenters. The van der Waals surface area contributed by atoms with Crippen LogP contribution >= 0.6 is 0 Å². The van der Waals surface area contributed by atoms with E-state index in [-0.39, 0.29) is 17.4 Å². The minimum absolute atomic E-state index is 0.0443. The van der Waals surface area contributed by atoms with Gasteiger partial charge in [0.25, 0.3) is 11.7 Å². The Kier molecular flexibility index (Phi) is 7.88. The fraction of sp³-hybridized carbons (Fsp3) is 0.379. The number of fused-ring (bicyclic) bond motifs is 1. The van der Waals surface area contributed by atoms with Gasteiger partial charge in [-0.2, -0.15) is 0 Å². The molecule has 196 valence electrons. The number of benzene rings is 2. The van der Waals surface area contributed by atoms with Gasteiger partial charge in [-0.1, -0.05) is 18.7 Å². The summed E-state index contributed by atoms with van der Waals surface area (Å²) in [5.41, 5.74) is 2.13. The summed E-state index contributed by atoms with van der Waals surface area (Å²) in [5, 5.41) is 11.4. The van der Waals surface area contributed by atoms with Gasteiger partial charge in [-0.05, 0) is 69.4 Å². The van der Waals surface area contributed by atoms with Gasteiger partial charge in [0.05, 0.1) is 18.2 Å². The van der Waals surface area contributed by atoms with Crippen LogP contribution in [0.4, 0.5) is 0 Å². The van der Waals surface area contributed by atoms with Gasteiger partial charge in [-0.25, -0.2) is 0 Å². The third-order valence-corrected chi connectivity index (χ3v) is 6.44. The number of carbonyl (C=O) groups is 2. The highest BCUT2D eigenvalue weighted by molar-refractivity contribution is 6.46. The van der Waals surface area contributed by atoms with Crippen molar-refractivity contribution >= 4 is 17.4 Å². The standard InChI is InChI=1S/C29H34N2O6/c1-6-14-36-23-11-8-19(17-24(23)35-7-2)26-25(28(33)29(34)31(26)13-12-30(4)5)27(32)20-9-10-22-21(16-20)15-18(3)37-22/h6,8-11,16-18,26,32H,1,7,12-15H2,2-5H3/b27-25+/t18-,26+/m0/s1. The molecule has 0 spiro atoms. The lowest BCUT2D eigenvalue weighted by Crippen LogP contribution is -2.35. The van der Waals surface area contributed by atoms with E-state index in [0.29, 0.717) is 55.4 Å². The fourth-order valence-electron chi connectivity index (χ4n) is 4.72. The van der Waals surface area contributed by atoms with Gasteiger partial charge in [0.1, 0.15) is 24.2 Å². The number of hydrogen-bond acceptors (Lipinski definition) is 7. The number of hydrogen-bond donors (Lipinski definition) is 1. The number of likely N-dealkylation sites (N-methyl/N-ethyl adjacent to an activating group) is 1. The number of rotatable bonds is 10. The lowest BCUT2D eigenvalue weighted by molar-refractivity contribution is -0.140. The van der Waals surface area contributed by atoms with Gasteiger partial charge >= 0.3 is 0 Å². The smallest absolute Gasteiger partial charge is 0.295 e. The summed E-state index contributed by atoms with van der Waals surface area (Å²) in [4.78, 5) is 30.0. The van der Waals surface area contributed by atoms with E-state index < -0.39 is 17.7 Å². The molecule has 0 aromatic heterocycles. The predicted molar refractivity (Wildman–Crippen MR) is 141 cm³/mol. The molecule has 2 aromatic rings. The molecule has 1 amide bonds. The third-order valence-electron chi connectivity index (χ3n) is 6.44.